The van der Waals surface area contributed by atoms with E-state index in [0.717, 1.165) is 0 Å². The Kier molecular flexibility index (Phi) is 2.52. The summed E-state index contributed by atoms with van der Waals surface area (Å²) in [5.41, 5.74) is 0. The molecule has 10 heavy (non-hydrogen) atoms. The van der Waals surface area contributed by atoms with E-state index in [4.69, 9.17) is 4.42 Å². The Bertz CT molecular complexity index is 229. The summed E-state index contributed by atoms with van der Waals surface area (Å²) >= 11 is 9.71. The Labute approximate surface area is 83.0 Å². The first-order valence-corrected chi connectivity index (χ1v) is 4.75. The molecule has 0 amide bonds. The van der Waals surface area contributed by atoms with Crippen LogP contribution < -0.4 is 0 Å². The van der Waals surface area contributed by atoms with Gasteiger partial charge in [-0.15, -0.1) is 10.2 Å². The largest absolute Gasteiger partial charge is 0.422 e. The Morgan fingerprint density at radius 1 is 1.30 bits per heavy atom. The van der Waals surface area contributed by atoms with E-state index >= 15 is 0 Å². The fraction of sp³-hybridized carbons (Fsp3) is 0.500. The molecule has 0 aliphatic heterocycles. The molecule has 0 N–H and O–H groups in total. The summed E-state index contributed by atoms with van der Waals surface area (Å²) in [6.45, 7) is 1.73. The second-order valence-electron chi connectivity index (χ2n) is 1.62. The van der Waals surface area contributed by atoms with E-state index in [1.165, 1.54) is 0 Å². The molecule has 6 heteroatoms. The molecule has 0 aromatic carbocycles. The lowest BCUT2D eigenvalue weighted by Crippen LogP contribution is -1.97. The minimum Gasteiger partial charge on any atom is -0.422 e. The van der Waals surface area contributed by atoms with Gasteiger partial charge in [-0.1, -0.05) is 0 Å². The van der Waals surface area contributed by atoms with Crippen molar-refractivity contribution < 1.29 is 4.42 Å². The molecule has 56 valence electrons. The van der Waals surface area contributed by atoms with Crippen molar-refractivity contribution >= 4 is 47.8 Å². The molecule has 0 aliphatic rings. The molecule has 0 saturated heterocycles. The van der Waals surface area contributed by atoms with Crippen molar-refractivity contribution in [1.82, 2.24) is 10.2 Å². The van der Waals surface area contributed by atoms with Crippen LogP contribution in [0.1, 0.15) is 11.8 Å². The Morgan fingerprint density at radius 3 is 2.10 bits per heavy atom. The zero-order valence-corrected chi connectivity index (χ0v) is 9.69. The van der Waals surface area contributed by atoms with Gasteiger partial charge in [0.1, 0.15) is 0 Å². The standard InChI is InChI=1S/C4H3Br3N2O/c1-2-8-9-3(10-2)4(5,6)7/h1H3. The maximum atomic E-state index is 5.09. The Balaban J connectivity index is 2.96. The second-order valence-corrected chi connectivity index (χ2v) is 8.38. The van der Waals surface area contributed by atoms with Crippen molar-refractivity contribution in [3.63, 3.8) is 0 Å². The molecular formula is C4H3Br3N2O. The van der Waals surface area contributed by atoms with E-state index in [2.05, 4.69) is 58.0 Å². The third kappa shape index (κ3) is 2.03. The normalized spacial score (nSPS) is 12.0. The molecule has 0 aliphatic carbocycles. The zero-order valence-electron chi connectivity index (χ0n) is 4.94. The Morgan fingerprint density at radius 2 is 1.90 bits per heavy atom. The van der Waals surface area contributed by atoms with Gasteiger partial charge in [-0.3, -0.25) is 0 Å². The first kappa shape index (κ1) is 8.67. The van der Waals surface area contributed by atoms with Crippen LogP contribution in [0.2, 0.25) is 0 Å². The third-order valence-electron chi connectivity index (χ3n) is 0.769. The maximum absolute atomic E-state index is 5.09. The monoisotopic (exact) mass is 332 g/mol. The van der Waals surface area contributed by atoms with Gasteiger partial charge in [0.25, 0.3) is 5.89 Å². The smallest absolute Gasteiger partial charge is 0.254 e. The average molecular weight is 335 g/mol. The van der Waals surface area contributed by atoms with E-state index in [9.17, 15) is 0 Å². The number of nitrogens with zero attached hydrogens (tertiary/aromatic N) is 2. The number of aryl methyl sites for hydroxylation is 1. The molecule has 0 bridgehead atoms. The van der Waals surface area contributed by atoms with Gasteiger partial charge < -0.3 is 4.42 Å². The van der Waals surface area contributed by atoms with Crippen molar-refractivity contribution in [2.24, 2.45) is 0 Å². The molecule has 0 fully saturated rings. The van der Waals surface area contributed by atoms with Crippen LogP contribution in [0.4, 0.5) is 0 Å². The maximum Gasteiger partial charge on any atom is 0.254 e. The van der Waals surface area contributed by atoms with E-state index < -0.39 is 2.14 Å². The number of hydrogen-bond donors (Lipinski definition) is 0. The summed E-state index contributed by atoms with van der Waals surface area (Å²) in [7, 11) is 0. The lowest BCUT2D eigenvalue weighted by molar-refractivity contribution is 0.482. The van der Waals surface area contributed by atoms with Crippen molar-refractivity contribution in [3.8, 4) is 0 Å². The van der Waals surface area contributed by atoms with Crippen molar-refractivity contribution in [1.29, 1.82) is 0 Å². The van der Waals surface area contributed by atoms with Gasteiger partial charge in [0.15, 0.2) is 0 Å². The molecule has 0 saturated carbocycles. The summed E-state index contributed by atoms with van der Waals surface area (Å²) < 4.78 is 4.50. The minimum atomic E-state index is -0.589. The molecule has 0 radical (unpaired) electrons. The first-order chi connectivity index (χ1) is 4.50. The van der Waals surface area contributed by atoms with Crippen LogP contribution in [0.5, 0.6) is 0 Å². The summed E-state index contributed by atoms with van der Waals surface area (Å²) in [6, 6.07) is 0. The van der Waals surface area contributed by atoms with E-state index in [1.807, 2.05) is 0 Å². The molecule has 0 atom stereocenters. The second kappa shape index (κ2) is 2.91. The highest BCUT2D eigenvalue weighted by molar-refractivity contribution is 9.38. The first-order valence-electron chi connectivity index (χ1n) is 2.37. The number of rotatable bonds is 0. The van der Waals surface area contributed by atoms with E-state index in [1.54, 1.807) is 6.92 Å². The predicted octanol–water partition coefficient (Wildman–Crippen LogP) is 2.67. The minimum absolute atomic E-state index is 0.449. The molecule has 3 nitrogen and oxygen atoms in total. The number of halogens is 3. The molecule has 1 aromatic rings. The van der Waals surface area contributed by atoms with Gasteiger partial charge in [-0.05, 0) is 47.8 Å². The van der Waals surface area contributed by atoms with E-state index in [-0.39, 0.29) is 0 Å². The topological polar surface area (TPSA) is 38.9 Å². The summed E-state index contributed by atoms with van der Waals surface area (Å²) in [5.74, 6) is 0.989. The molecule has 0 unspecified atom stereocenters. The quantitative estimate of drug-likeness (QED) is 0.685. The third-order valence-corrected chi connectivity index (χ3v) is 1.79. The number of alkyl halides is 3. The van der Waals surface area contributed by atoms with Crippen molar-refractivity contribution in [2.45, 2.75) is 9.07 Å². The molecule has 0 spiro atoms. The van der Waals surface area contributed by atoms with Crippen LogP contribution in [0.15, 0.2) is 4.42 Å². The van der Waals surface area contributed by atoms with Gasteiger partial charge in [0, 0.05) is 6.92 Å². The lowest BCUT2D eigenvalue weighted by atomic mass is 10.8. The fourth-order valence-corrected chi connectivity index (χ4v) is 0.892. The summed E-state index contributed by atoms with van der Waals surface area (Å²) in [5, 5.41) is 7.41. The average Bonchev–Trinajstić information content (AvgIpc) is 2.11. The van der Waals surface area contributed by atoms with Gasteiger partial charge in [-0.2, -0.15) is 0 Å². The Hall–Kier alpha value is 0.580. The van der Waals surface area contributed by atoms with Gasteiger partial charge in [0.05, 0.1) is 0 Å². The van der Waals surface area contributed by atoms with Gasteiger partial charge in [-0.25, -0.2) is 0 Å². The van der Waals surface area contributed by atoms with Gasteiger partial charge >= 0.3 is 0 Å². The van der Waals surface area contributed by atoms with Crippen molar-refractivity contribution in [2.75, 3.05) is 0 Å². The van der Waals surface area contributed by atoms with Crippen LogP contribution in [-0.2, 0) is 2.14 Å². The number of hydrogen-bond acceptors (Lipinski definition) is 3. The van der Waals surface area contributed by atoms with Crippen molar-refractivity contribution in [3.05, 3.63) is 11.8 Å². The highest BCUT2D eigenvalue weighted by atomic mass is 80.0. The number of aromatic nitrogens is 2. The molecular weight excluding hydrogens is 332 g/mol. The van der Waals surface area contributed by atoms with Crippen LogP contribution in [0, 0.1) is 6.92 Å². The molecule has 1 rings (SSSR count). The van der Waals surface area contributed by atoms with Crippen LogP contribution >= 0.6 is 47.8 Å². The van der Waals surface area contributed by atoms with Crippen LogP contribution in [0.25, 0.3) is 0 Å². The molecule has 1 heterocycles. The van der Waals surface area contributed by atoms with Crippen LogP contribution in [0.3, 0.4) is 0 Å². The van der Waals surface area contributed by atoms with Gasteiger partial charge in [0.2, 0.25) is 8.03 Å². The highest BCUT2D eigenvalue weighted by Crippen LogP contribution is 2.43. The van der Waals surface area contributed by atoms with Crippen LogP contribution in [-0.4, -0.2) is 10.2 Å². The molecule has 1 aromatic heterocycles. The zero-order chi connectivity index (χ0) is 7.78. The summed E-state index contributed by atoms with van der Waals surface area (Å²) in [4.78, 5) is 0. The summed E-state index contributed by atoms with van der Waals surface area (Å²) in [6.07, 6.45) is 0. The SMILES string of the molecule is Cc1nnc(C(Br)(Br)Br)o1. The van der Waals surface area contributed by atoms with E-state index in [0.29, 0.717) is 11.8 Å². The lowest BCUT2D eigenvalue weighted by Gasteiger charge is -2.03. The highest BCUT2D eigenvalue weighted by Gasteiger charge is 2.27. The predicted molar refractivity (Wildman–Crippen MR) is 47.5 cm³/mol. The fourth-order valence-electron chi connectivity index (χ4n) is 0.411.